The average molecular weight is 260 g/mol. The fourth-order valence-corrected chi connectivity index (χ4v) is 2.00. The molecule has 0 N–H and O–H groups in total. The van der Waals surface area contributed by atoms with E-state index in [4.69, 9.17) is 16.3 Å². The van der Waals surface area contributed by atoms with E-state index in [2.05, 4.69) is 19.1 Å². The lowest BCUT2D eigenvalue weighted by Gasteiger charge is -2.11. The van der Waals surface area contributed by atoms with Crippen molar-refractivity contribution in [2.24, 2.45) is 0 Å². The molecule has 2 aromatic carbocycles. The number of benzene rings is 2. The second-order valence-corrected chi connectivity index (χ2v) is 4.57. The topological polar surface area (TPSA) is 9.23 Å². The molecule has 0 bridgehead atoms. The molecule has 0 saturated heterocycles. The van der Waals surface area contributed by atoms with E-state index in [1.54, 1.807) is 0 Å². The fraction of sp³-hybridized carbons (Fsp3) is 0.188. The number of hydrogen-bond acceptors (Lipinski definition) is 1. The first kappa shape index (κ1) is 13.0. The third-order valence-electron chi connectivity index (χ3n) is 2.71. The highest BCUT2D eigenvalue weighted by Crippen LogP contribution is 2.25. The summed E-state index contributed by atoms with van der Waals surface area (Å²) in [6, 6.07) is 15.9. The van der Waals surface area contributed by atoms with Crippen molar-refractivity contribution < 1.29 is 4.74 Å². The van der Waals surface area contributed by atoms with Crippen molar-refractivity contribution in [3.63, 3.8) is 0 Å². The summed E-state index contributed by atoms with van der Waals surface area (Å²) in [6.45, 7) is 4.45. The maximum Gasteiger partial charge on any atom is 0.123 e. The van der Waals surface area contributed by atoms with Crippen LogP contribution in [-0.4, -0.2) is 0 Å². The standard InChI is InChI=1S/C16H16ClO/c1-2-6-14-11-15(17)9-10-16(14)18-12-13-7-4-3-5-8-13/h3-5,7-11H,1-2,6,12H2. The number of halogens is 1. The minimum Gasteiger partial charge on any atom is -0.489 e. The van der Waals surface area contributed by atoms with Gasteiger partial charge in [-0.05, 0) is 42.2 Å². The zero-order valence-electron chi connectivity index (χ0n) is 10.2. The van der Waals surface area contributed by atoms with Crippen LogP contribution >= 0.6 is 11.6 Å². The van der Waals surface area contributed by atoms with Crippen LogP contribution in [0.3, 0.4) is 0 Å². The van der Waals surface area contributed by atoms with Crippen molar-refractivity contribution in [3.05, 3.63) is 71.6 Å². The molecule has 93 valence electrons. The van der Waals surface area contributed by atoms with Crippen molar-refractivity contribution in [3.8, 4) is 5.75 Å². The lowest BCUT2D eigenvalue weighted by atomic mass is 10.1. The van der Waals surface area contributed by atoms with Crippen LogP contribution in [0.1, 0.15) is 17.5 Å². The first-order valence-electron chi connectivity index (χ1n) is 6.04. The molecule has 0 aromatic heterocycles. The van der Waals surface area contributed by atoms with Gasteiger partial charge in [-0.2, -0.15) is 0 Å². The van der Waals surface area contributed by atoms with Crippen molar-refractivity contribution in [1.29, 1.82) is 0 Å². The quantitative estimate of drug-likeness (QED) is 0.757. The molecule has 0 aliphatic rings. The molecule has 0 atom stereocenters. The van der Waals surface area contributed by atoms with Gasteiger partial charge in [-0.3, -0.25) is 0 Å². The molecule has 2 heteroatoms. The highest BCUT2D eigenvalue weighted by molar-refractivity contribution is 6.30. The third-order valence-corrected chi connectivity index (χ3v) is 2.94. The van der Waals surface area contributed by atoms with Crippen LogP contribution in [0, 0.1) is 6.92 Å². The van der Waals surface area contributed by atoms with Gasteiger partial charge in [0, 0.05) is 5.02 Å². The van der Waals surface area contributed by atoms with Crippen LogP contribution in [-0.2, 0) is 13.0 Å². The average Bonchev–Trinajstić information content (AvgIpc) is 2.39. The lowest BCUT2D eigenvalue weighted by molar-refractivity contribution is 0.303. The molecule has 0 amide bonds. The third kappa shape index (κ3) is 3.51. The van der Waals surface area contributed by atoms with Gasteiger partial charge in [-0.15, -0.1) is 0 Å². The van der Waals surface area contributed by atoms with Crippen molar-refractivity contribution in [2.75, 3.05) is 0 Å². The smallest absolute Gasteiger partial charge is 0.123 e. The van der Waals surface area contributed by atoms with Crippen LogP contribution in [0.5, 0.6) is 5.75 Å². The minimum atomic E-state index is 0.576. The zero-order valence-corrected chi connectivity index (χ0v) is 11.0. The molecular formula is C16H16ClO. The second kappa shape index (κ2) is 6.46. The van der Waals surface area contributed by atoms with Crippen LogP contribution in [0.4, 0.5) is 0 Å². The first-order valence-corrected chi connectivity index (χ1v) is 6.42. The van der Waals surface area contributed by atoms with E-state index >= 15 is 0 Å². The van der Waals surface area contributed by atoms with Gasteiger partial charge in [0.05, 0.1) is 0 Å². The van der Waals surface area contributed by atoms with Crippen LogP contribution < -0.4 is 4.74 Å². The molecule has 0 fully saturated rings. The molecule has 0 unspecified atom stereocenters. The highest BCUT2D eigenvalue weighted by atomic mass is 35.5. The van der Waals surface area contributed by atoms with Gasteiger partial charge < -0.3 is 4.74 Å². The number of aryl methyl sites for hydroxylation is 1. The maximum atomic E-state index is 5.99. The maximum absolute atomic E-state index is 5.99. The molecule has 2 rings (SSSR count). The summed E-state index contributed by atoms with van der Waals surface area (Å²) in [5.74, 6) is 0.895. The molecule has 1 radical (unpaired) electrons. The molecule has 1 nitrogen and oxygen atoms in total. The van der Waals surface area contributed by atoms with E-state index in [0.29, 0.717) is 6.61 Å². The van der Waals surface area contributed by atoms with E-state index in [1.807, 2.05) is 36.4 Å². The molecular weight excluding hydrogens is 244 g/mol. The lowest BCUT2D eigenvalue weighted by Crippen LogP contribution is -1.98. The van der Waals surface area contributed by atoms with Crippen molar-refractivity contribution in [1.82, 2.24) is 0 Å². The summed E-state index contributed by atoms with van der Waals surface area (Å²) < 4.78 is 5.84. The Kier molecular flexibility index (Phi) is 4.66. The number of rotatable bonds is 5. The normalized spacial score (nSPS) is 10.3. The largest absolute Gasteiger partial charge is 0.489 e. The molecule has 18 heavy (non-hydrogen) atoms. The van der Waals surface area contributed by atoms with E-state index in [9.17, 15) is 0 Å². The molecule has 0 spiro atoms. The van der Waals surface area contributed by atoms with E-state index in [1.165, 1.54) is 0 Å². The van der Waals surface area contributed by atoms with Crippen LogP contribution in [0.15, 0.2) is 48.5 Å². The Morgan fingerprint density at radius 3 is 2.56 bits per heavy atom. The predicted octanol–water partition coefficient (Wildman–Crippen LogP) is 4.69. The molecule has 0 aliphatic heterocycles. The van der Waals surface area contributed by atoms with Gasteiger partial charge in [0.15, 0.2) is 0 Å². The number of hydrogen-bond donors (Lipinski definition) is 0. The zero-order chi connectivity index (χ0) is 12.8. The summed E-state index contributed by atoms with van der Waals surface area (Å²) in [5.41, 5.74) is 2.28. The van der Waals surface area contributed by atoms with E-state index in [-0.39, 0.29) is 0 Å². The second-order valence-electron chi connectivity index (χ2n) is 4.13. The minimum absolute atomic E-state index is 0.576. The Morgan fingerprint density at radius 2 is 1.83 bits per heavy atom. The van der Waals surface area contributed by atoms with Gasteiger partial charge in [-0.25, -0.2) is 0 Å². The Labute approximate surface area is 113 Å². The summed E-state index contributed by atoms with van der Waals surface area (Å²) >= 11 is 5.99. The SMILES string of the molecule is [CH2]CCc1cc(Cl)ccc1OCc1ccccc1. The van der Waals surface area contributed by atoms with E-state index in [0.717, 1.165) is 34.7 Å². The summed E-state index contributed by atoms with van der Waals surface area (Å²) in [5, 5.41) is 0.741. The Balaban J connectivity index is 2.09. The van der Waals surface area contributed by atoms with Gasteiger partial charge in [0.1, 0.15) is 12.4 Å². The molecule has 2 aromatic rings. The van der Waals surface area contributed by atoms with Crippen LogP contribution in [0.2, 0.25) is 5.02 Å². The highest BCUT2D eigenvalue weighted by Gasteiger charge is 2.04. The van der Waals surface area contributed by atoms with E-state index < -0.39 is 0 Å². The van der Waals surface area contributed by atoms with Gasteiger partial charge in [-0.1, -0.05) is 48.9 Å². The molecule has 0 aliphatic carbocycles. The van der Waals surface area contributed by atoms with Crippen molar-refractivity contribution in [2.45, 2.75) is 19.4 Å². The fourth-order valence-electron chi connectivity index (χ4n) is 1.81. The monoisotopic (exact) mass is 259 g/mol. The summed E-state index contributed by atoms with van der Waals surface area (Å²) in [4.78, 5) is 0. The summed E-state index contributed by atoms with van der Waals surface area (Å²) in [6.07, 6.45) is 1.72. The Morgan fingerprint density at radius 1 is 1.06 bits per heavy atom. The van der Waals surface area contributed by atoms with Gasteiger partial charge in [0.25, 0.3) is 0 Å². The Hall–Kier alpha value is -1.47. The number of ether oxygens (including phenoxy) is 1. The molecule has 0 heterocycles. The first-order chi connectivity index (χ1) is 8.79. The molecule has 0 saturated carbocycles. The summed E-state index contributed by atoms with van der Waals surface area (Å²) in [7, 11) is 0. The predicted molar refractivity (Wildman–Crippen MR) is 75.9 cm³/mol. The van der Waals surface area contributed by atoms with Crippen LogP contribution in [0.25, 0.3) is 0 Å². The van der Waals surface area contributed by atoms with Gasteiger partial charge >= 0.3 is 0 Å². The van der Waals surface area contributed by atoms with Crippen molar-refractivity contribution >= 4 is 11.6 Å². The van der Waals surface area contributed by atoms with Gasteiger partial charge in [0.2, 0.25) is 0 Å². The Bertz CT molecular complexity index is 494.